The number of hydrogen-bond donors (Lipinski definition) is 3. The van der Waals surface area contributed by atoms with Gasteiger partial charge >= 0.3 is 6.09 Å². The van der Waals surface area contributed by atoms with Crippen molar-refractivity contribution >= 4 is 17.9 Å². The molecule has 0 aliphatic rings. The van der Waals surface area contributed by atoms with Crippen LogP contribution in [0.3, 0.4) is 0 Å². The van der Waals surface area contributed by atoms with Gasteiger partial charge in [-0.1, -0.05) is 81.0 Å². The van der Waals surface area contributed by atoms with Crippen molar-refractivity contribution in [3.63, 3.8) is 0 Å². The Morgan fingerprint density at radius 1 is 0.907 bits per heavy atom. The molecule has 0 saturated heterocycles. The van der Waals surface area contributed by atoms with Crippen LogP contribution in [0, 0.1) is 6.92 Å². The highest BCUT2D eigenvalue weighted by Gasteiger charge is 2.37. The zero-order valence-electron chi connectivity index (χ0n) is 27.5. The second kappa shape index (κ2) is 16.3. The van der Waals surface area contributed by atoms with Crippen LogP contribution in [0.4, 0.5) is 4.79 Å². The number of alkyl carbamates (subject to hydrolysis) is 1. The fourth-order valence-corrected chi connectivity index (χ4v) is 4.90. The fourth-order valence-electron chi connectivity index (χ4n) is 4.90. The fraction of sp³-hybridized carbons (Fsp3) is 0.571. The van der Waals surface area contributed by atoms with E-state index in [0.29, 0.717) is 12.1 Å². The van der Waals surface area contributed by atoms with Crippen molar-refractivity contribution < 1.29 is 24.2 Å². The van der Waals surface area contributed by atoms with E-state index in [2.05, 4.69) is 17.6 Å². The minimum Gasteiger partial charge on any atom is -0.508 e. The van der Waals surface area contributed by atoms with E-state index < -0.39 is 29.3 Å². The molecule has 0 heterocycles. The molecule has 8 heteroatoms. The first kappa shape index (κ1) is 35.6. The Balaban J connectivity index is 2.56. The molecule has 0 aromatic heterocycles. The number of ether oxygens (including phenoxy) is 1. The lowest BCUT2D eigenvalue weighted by molar-refractivity contribution is -0.143. The first-order chi connectivity index (χ1) is 20.1. The summed E-state index contributed by atoms with van der Waals surface area (Å²) in [5.74, 6) is -0.545. The number of nitrogens with zero attached hydrogens (tertiary/aromatic N) is 1. The maximum Gasteiger partial charge on any atom is 0.408 e. The number of rotatable bonds is 14. The molecule has 0 radical (unpaired) electrons. The van der Waals surface area contributed by atoms with E-state index in [9.17, 15) is 19.5 Å². The molecule has 43 heavy (non-hydrogen) atoms. The lowest BCUT2D eigenvalue weighted by Gasteiger charge is -2.36. The molecule has 3 N–H and O–H groups in total. The molecule has 238 valence electrons. The van der Waals surface area contributed by atoms with Gasteiger partial charge < -0.3 is 25.4 Å². The van der Waals surface area contributed by atoms with Crippen LogP contribution in [0.15, 0.2) is 48.5 Å². The molecule has 2 aromatic carbocycles. The molecule has 8 nitrogen and oxygen atoms in total. The van der Waals surface area contributed by atoms with Gasteiger partial charge in [0.15, 0.2) is 0 Å². The molecule has 0 saturated carbocycles. The van der Waals surface area contributed by atoms with Crippen molar-refractivity contribution in [1.29, 1.82) is 0 Å². The topological polar surface area (TPSA) is 108 Å². The lowest BCUT2D eigenvalue weighted by Crippen LogP contribution is -2.55. The first-order valence-electron chi connectivity index (χ1n) is 15.6. The first-order valence-corrected chi connectivity index (χ1v) is 15.6. The number of aryl methyl sites for hydroxylation is 1. The molecule has 2 rings (SSSR count). The number of aromatic hydroxyl groups is 1. The van der Waals surface area contributed by atoms with Crippen molar-refractivity contribution in [2.75, 3.05) is 6.54 Å². The molecule has 2 unspecified atom stereocenters. The lowest BCUT2D eigenvalue weighted by atomic mass is 9.97. The number of carbonyl (C=O) groups excluding carboxylic acids is 3. The summed E-state index contributed by atoms with van der Waals surface area (Å²) in [6.45, 7) is 15.5. The number of hydrogen-bond acceptors (Lipinski definition) is 5. The summed E-state index contributed by atoms with van der Waals surface area (Å²) in [4.78, 5) is 43.2. The van der Waals surface area contributed by atoms with E-state index in [1.807, 2.05) is 52.0 Å². The normalized spacial score (nSPS) is 13.1. The second-order valence-electron chi connectivity index (χ2n) is 13.4. The number of phenolic OH excluding ortho intramolecular Hbond substituents is 1. The highest BCUT2D eigenvalue weighted by atomic mass is 16.6. The summed E-state index contributed by atoms with van der Waals surface area (Å²) in [7, 11) is 0. The van der Waals surface area contributed by atoms with Crippen molar-refractivity contribution in [3.8, 4) is 5.75 Å². The number of benzene rings is 2. The van der Waals surface area contributed by atoms with Gasteiger partial charge in [-0.15, -0.1) is 0 Å². The predicted octanol–water partition coefficient (Wildman–Crippen LogP) is 6.98. The molecular formula is C35H53N3O5. The van der Waals surface area contributed by atoms with E-state index in [-0.39, 0.29) is 24.0 Å². The number of carbonyl (C=O) groups is 3. The van der Waals surface area contributed by atoms with Crippen LogP contribution < -0.4 is 10.6 Å². The summed E-state index contributed by atoms with van der Waals surface area (Å²) in [6, 6.07) is 12.3. The molecule has 0 aliphatic carbocycles. The molecule has 0 spiro atoms. The SMILES string of the molecule is CCCCCCCCN(C(=O)C(Cc1ccc(O)cc1)NC(=O)OC(C)(C)C)C(C(=O)NC(C)(C)C)c1cccc(C)c1. The van der Waals surface area contributed by atoms with Gasteiger partial charge in [0.05, 0.1) is 0 Å². The third-order valence-corrected chi connectivity index (χ3v) is 6.82. The average molecular weight is 596 g/mol. The molecule has 2 atom stereocenters. The van der Waals surface area contributed by atoms with Crippen molar-refractivity contribution in [3.05, 3.63) is 65.2 Å². The Morgan fingerprint density at radius 3 is 2.12 bits per heavy atom. The van der Waals surface area contributed by atoms with Crippen molar-refractivity contribution in [2.45, 2.75) is 124 Å². The van der Waals surface area contributed by atoms with Crippen LogP contribution in [0.25, 0.3) is 0 Å². The summed E-state index contributed by atoms with van der Waals surface area (Å²) >= 11 is 0. The van der Waals surface area contributed by atoms with E-state index in [1.165, 1.54) is 0 Å². The van der Waals surface area contributed by atoms with Crippen LogP contribution in [-0.4, -0.2) is 51.6 Å². The van der Waals surface area contributed by atoms with Gasteiger partial charge in [-0.25, -0.2) is 4.79 Å². The Hall–Kier alpha value is -3.55. The van der Waals surface area contributed by atoms with Gasteiger partial charge in [0.25, 0.3) is 0 Å². The molecular weight excluding hydrogens is 542 g/mol. The van der Waals surface area contributed by atoms with Gasteiger partial charge in [-0.05, 0) is 78.1 Å². The molecule has 2 aromatic rings. The second-order valence-corrected chi connectivity index (χ2v) is 13.4. The third-order valence-electron chi connectivity index (χ3n) is 6.82. The predicted molar refractivity (Wildman–Crippen MR) is 172 cm³/mol. The Bertz CT molecular complexity index is 1180. The smallest absolute Gasteiger partial charge is 0.408 e. The quantitative estimate of drug-likeness (QED) is 0.204. The van der Waals surface area contributed by atoms with Crippen LogP contribution in [0.5, 0.6) is 5.75 Å². The van der Waals surface area contributed by atoms with E-state index in [0.717, 1.165) is 49.7 Å². The maximum absolute atomic E-state index is 14.6. The zero-order valence-corrected chi connectivity index (χ0v) is 27.5. The monoisotopic (exact) mass is 595 g/mol. The van der Waals surface area contributed by atoms with Gasteiger partial charge in [-0.2, -0.15) is 0 Å². The molecule has 3 amide bonds. The number of amides is 3. The van der Waals surface area contributed by atoms with E-state index in [1.54, 1.807) is 49.9 Å². The molecule has 0 bridgehead atoms. The Kier molecular flexibility index (Phi) is 13.5. The average Bonchev–Trinajstić information content (AvgIpc) is 2.88. The summed E-state index contributed by atoms with van der Waals surface area (Å²) in [5.41, 5.74) is 1.16. The highest BCUT2D eigenvalue weighted by molar-refractivity contribution is 5.92. The number of unbranched alkanes of at least 4 members (excludes halogenated alkanes) is 5. The molecule has 0 aliphatic heterocycles. The minimum atomic E-state index is -1.01. The Morgan fingerprint density at radius 2 is 1.53 bits per heavy atom. The third kappa shape index (κ3) is 13.1. The number of phenols is 1. The standard InChI is InChI=1S/C35H53N3O5/c1-9-10-11-12-13-14-22-38(30(31(40)37-34(3,4)5)27-17-15-16-25(2)23-27)32(41)29(36-33(42)43-35(6,7)8)24-26-18-20-28(39)21-19-26/h15-21,23,29-30,39H,9-14,22,24H2,1-8H3,(H,36,42)(H,37,40). The zero-order chi connectivity index (χ0) is 32.2. The molecule has 0 fully saturated rings. The van der Waals surface area contributed by atoms with Gasteiger partial charge in [0, 0.05) is 18.5 Å². The van der Waals surface area contributed by atoms with Crippen LogP contribution >= 0.6 is 0 Å². The largest absolute Gasteiger partial charge is 0.508 e. The van der Waals surface area contributed by atoms with Crippen LogP contribution in [0.1, 0.15) is 110 Å². The summed E-state index contributed by atoms with van der Waals surface area (Å²) < 4.78 is 5.53. The van der Waals surface area contributed by atoms with Gasteiger partial charge in [0.2, 0.25) is 11.8 Å². The van der Waals surface area contributed by atoms with Gasteiger partial charge in [-0.3, -0.25) is 9.59 Å². The van der Waals surface area contributed by atoms with Crippen molar-refractivity contribution in [1.82, 2.24) is 15.5 Å². The van der Waals surface area contributed by atoms with E-state index in [4.69, 9.17) is 4.74 Å². The summed E-state index contributed by atoms with van der Waals surface area (Å²) in [5, 5.41) is 15.7. The number of nitrogens with one attached hydrogen (secondary N) is 2. The Labute approximate surface area is 258 Å². The van der Waals surface area contributed by atoms with Gasteiger partial charge in [0.1, 0.15) is 23.4 Å². The van der Waals surface area contributed by atoms with Crippen LogP contribution in [-0.2, 0) is 20.7 Å². The maximum atomic E-state index is 14.6. The van der Waals surface area contributed by atoms with Crippen LogP contribution in [0.2, 0.25) is 0 Å². The highest BCUT2D eigenvalue weighted by Crippen LogP contribution is 2.26. The van der Waals surface area contributed by atoms with E-state index >= 15 is 0 Å². The summed E-state index contributed by atoms with van der Waals surface area (Å²) in [6.07, 6.45) is 5.57. The van der Waals surface area contributed by atoms with Crippen molar-refractivity contribution in [2.24, 2.45) is 0 Å². The minimum absolute atomic E-state index is 0.106.